The standard InChI is InChI=1S/C18H22N4O4S/c1-12(2)26-16-5-3-14(4-6-16)22-18-19-9-13(10-20-18)17(23)21-15-7-8-27(24,25)11-15/h3-6,9-10,12,15H,7-8,11H2,1-2H3,(H,21,23)(H,19,20,22). The Kier molecular flexibility index (Phi) is 5.59. The van der Waals surface area contributed by atoms with Crippen LogP contribution in [0.1, 0.15) is 30.6 Å². The van der Waals surface area contributed by atoms with Crippen LogP contribution in [0.5, 0.6) is 5.75 Å². The minimum absolute atomic E-state index is 0.0181. The highest BCUT2D eigenvalue weighted by Crippen LogP contribution is 2.19. The van der Waals surface area contributed by atoms with Crippen LogP contribution in [-0.2, 0) is 9.84 Å². The summed E-state index contributed by atoms with van der Waals surface area (Å²) in [7, 11) is -3.04. The fourth-order valence-electron chi connectivity index (χ4n) is 2.71. The van der Waals surface area contributed by atoms with Crippen molar-refractivity contribution in [2.45, 2.75) is 32.4 Å². The smallest absolute Gasteiger partial charge is 0.254 e. The van der Waals surface area contributed by atoms with Crippen LogP contribution < -0.4 is 15.4 Å². The van der Waals surface area contributed by atoms with Crippen molar-refractivity contribution in [3.05, 3.63) is 42.2 Å². The summed E-state index contributed by atoms with van der Waals surface area (Å²) in [4.78, 5) is 20.5. The molecule has 27 heavy (non-hydrogen) atoms. The molecule has 1 aliphatic heterocycles. The van der Waals surface area contributed by atoms with Gasteiger partial charge in [0.1, 0.15) is 5.75 Å². The average molecular weight is 390 g/mol. The van der Waals surface area contributed by atoms with Gasteiger partial charge in [-0.2, -0.15) is 0 Å². The van der Waals surface area contributed by atoms with E-state index in [1.165, 1.54) is 12.4 Å². The molecule has 3 rings (SSSR count). The Balaban J connectivity index is 1.57. The number of benzene rings is 1. The first kappa shape index (κ1) is 19.1. The quantitative estimate of drug-likeness (QED) is 0.775. The predicted molar refractivity (Wildman–Crippen MR) is 102 cm³/mol. The molecule has 0 spiro atoms. The zero-order chi connectivity index (χ0) is 19.4. The lowest BCUT2D eigenvalue weighted by molar-refractivity contribution is 0.0940. The molecule has 0 saturated carbocycles. The number of aromatic nitrogens is 2. The van der Waals surface area contributed by atoms with Crippen molar-refractivity contribution < 1.29 is 17.9 Å². The summed E-state index contributed by atoms with van der Waals surface area (Å²) in [5.41, 5.74) is 1.07. The Bertz CT molecular complexity index is 896. The molecular formula is C18H22N4O4S. The third kappa shape index (κ3) is 5.40. The molecule has 8 nitrogen and oxygen atoms in total. The Hall–Kier alpha value is -2.68. The zero-order valence-electron chi connectivity index (χ0n) is 15.2. The monoisotopic (exact) mass is 390 g/mol. The highest BCUT2D eigenvalue weighted by molar-refractivity contribution is 7.91. The molecular weight excluding hydrogens is 368 g/mol. The minimum Gasteiger partial charge on any atom is -0.491 e. The topological polar surface area (TPSA) is 110 Å². The number of amides is 1. The number of nitrogens with zero attached hydrogens (tertiary/aromatic N) is 2. The van der Waals surface area contributed by atoms with E-state index in [-0.39, 0.29) is 35.1 Å². The van der Waals surface area contributed by atoms with Crippen molar-refractivity contribution in [1.29, 1.82) is 0 Å². The largest absolute Gasteiger partial charge is 0.491 e. The predicted octanol–water partition coefficient (Wildman–Crippen LogP) is 1.92. The maximum atomic E-state index is 12.2. The van der Waals surface area contributed by atoms with Crippen LogP contribution in [0.2, 0.25) is 0 Å². The Morgan fingerprint density at radius 1 is 1.19 bits per heavy atom. The molecule has 1 atom stereocenters. The third-order valence-electron chi connectivity index (χ3n) is 3.96. The molecule has 2 heterocycles. The molecule has 9 heteroatoms. The van der Waals surface area contributed by atoms with Gasteiger partial charge >= 0.3 is 0 Å². The molecule has 1 unspecified atom stereocenters. The Labute approximate surface area is 158 Å². The number of carbonyl (C=O) groups excluding carboxylic acids is 1. The maximum Gasteiger partial charge on any atom is 0.254 e. The second-order valence-corrected chi connectivity index (χ2v) is 8.91. The summed E-state index contributed by atoms with van der Waals surface area (Å²) >= 11 is 0. The van der Waals surface area contributed by atoms with Crippen LogP contribution in [0, 0.1) is 0 Å². The molecule has 2 aromatic rings. The molecule has 144 valence electrons. The summed E-state index contributed by atoms with van der Waals surface area (Å²) in [6, 6.07) is 7.04. The lowest BCUT2D eigenvalue weighted by Gasteiger charge is -2.11. The summed E-state index contributed by atoms with van der Waals surface area (Å²) in [5, 5.41) is 5.75. The third-order valence-corrected chi connectivity index (χ3v) is 5.73. The number of ether oxygens (including phenoxy) is 1. The number of hydrogen-bond acceptors (Lipinski definition) is 7. The summed E-state index contributed by atoms with van der Waals surface area (Å²) in [6.45, 7) is 3.92. The zero-order valence-corrected chi connectivity index (χ0v) is 16.0. The molecule has 0 aliphatic carbocycles. The molecule has 1 saturated heterocycles. The maximum absolute atomic E-state index is 12.2. The van der Waals surface area contributed by atoms with Crippen molar-refractivity contribution >= 4 is 27.4 Å². The number of sulfone groups is 1. The van der Waals surface area contributed by atoms with Crippen molar-refractivity contribution in [1.82, 2.24) is 15.3 Å². The molecule has 0 bridgehead atoms. The van der Waals surface area contributed by atoms with Crippen molar-refractivity contribution in [3.8, 4) is 5.75 Å². The first-order chi connectivity index (χ1) is 12.8. The van der Waals surface area contributed by atoms with Crippen LogP contribution in [0.25, 0.3) is 0 Å². The molecule has 1 amide bonds. The number of hydrogen-bond donors (Lipinski definition) is 2. The first-order valence-corrected chi connectivity index (χ1v) is 10.5. The Morgan fingerprint density at radius 2 is 1.85 bits per heavy atom. The van der Waals surface area contributed by atoms with Gasteiger partial charge in [-0.3, -0.25) is 4.79 Å². The van der Waals surface area contributed by atoms with E-state index in [4.69, 9.17) is 4.74 Å². The molecule has 1 fully saturated rings. The lowest BCUT2D eigenvalue weighted by atomic mass is 10.2. The van der Waals surface area contributed by atoms with Gasteiger partial charge < -0.3 is 15.4 Å². The van der Waals surface area contributed by atoms with E-state index in [0.717, 1.165) is 11.4 Å². The van der Waals surface area contributed by atoms with E-state index in [9.17, 15) is 13.2 Å². The van der Waals surface area contributed by atoms with Crippen LogP contribution in [0.4, 0.5) is 11.6 Å². The number of carbonyl (C=O) groups is 1. The van der Waals surface area contributed by atoms with Crippen molar-refractivity contribution in [2.24, 2.45) is 0 Å². The van der Waals surface area contributed by atoms with Gasteiger partial charge in [-0.25, -0.2) is 18.4 Å². The second kappa shape index (κ2) is 7.91. The van der Waals surface area contributed by atoms with Crippen LogP contribution >= 0.6 is 0 Å². The summed E-state index contributed by atoms with van der Waals surface area (Å²) in [6.07, 6.45) is 3.36. The van der Waals surface area contributed by atoms with E-state index in [2.05, 4.69) is 20.6 Å². The minimum atomic E-state index is -3.04. The summed E-state index contributed by atoms with van der Waals surface area (Å²) < 4.78 is 28.5. The second-order valence-electron chi connectivity index (χ2n) is 6.68. The molecule has 1 aromatic heterocycles. The van der Waals surface area contributed by atoms with Gasteiger partial charge in [-0.1, -0.05) is 0 Å². The fraction of sp³-hybridized carbons (Fsp3) is 0.389. The fourth-order valence-corrected chi connectivity index (χ4v) is 4.38. The molecule has 0 radical (unpaired) electrons. The van der Waals surface area contributed by atoms with Gasteiger partial charge in [0.05, 0.1) is 23.2 Å². The van der Waals surface area contributed by atoms with E-state index in [0.29, 0.717) is 12.4 Å². The van der Waals surface area contributed by atoms with Crippen LogP contribution in [0.15, 0.2) is 36.7 Å². The van der Waals surface area contributed by atoms with Crippen molar-refractivity contribution in [2.75, 3.05) is 16.8 Å². The highest BCUT2D eigenvalue weighted by atomic mass is 32.2. The first-order valence-electron chi connectivity index (χ1n) is 8.68. The number of rotatable bonds is 6. The Morgan fingerprint density at radius 3 is 2.41 bits per heavy atom. The highest BCUT2D eigenvalue weighted by Gasteiger charge is 2.29. The molecule has 1 aromatic carbocycles. The van der Waals surface area contributed by atoms with E-state index in [1.54, 1.807) is 0 Å². The number of nitrogens with one attached hydrogen (secondary N) is 2. The SMILES string of the molecule is CC(C)Oc1ccc(Nc2ncc(C(=O)NC3CCS(=O)(=O)C3)cn2)cc1. The van der Waals surface area contributed by atoms with Gasteiger partial charge in [0.15, 0.2) is 9.84 Å². The van der Waals surface area contributed by atoms with E-state index in [1.807, 2.05) is 38.1 Å². The van der Waals surface area contributed by atoms with Gasteiger partial charge in [0.25, 0.3) is 5.91 Å². The van der Waals surface area contributed by atoms with E-state index >= 15 is 0 Å². The van der Waals surface area contributed by atoms with Crippen molar-refractivity contribution in [3.63, 3.8) is 0 Å². The normalized spacial score (nSPS) is 18.3. The van der Waals surface area contributed by atoms with Gasteiger partial charge in [0.2, 0.25) is 5.95 Å². The van der Waals surface area contributed by atoms with Gasteiger partial charge in [0, 0.05) is 24.1 Å². The molecule has 1 aliphatic rings. The lowest BCUT2D eigenvalue weighted by Crippen LogP contribution is -2.35. The van der Waals surface area contributed by atoms with Gasteiger partial charge in [-0.05, 0) is 44.5 Å². The van der Waals surface area contributed by atoms with Gasteiger partial charge in [-0.15, -0.1) is 0 Å². The molecule has 2 N–H and O–H groups in total. The number of anilines is 2. The van der Waals surface area contributed by atoms with Crippen LogP contribution in [0.3, 0.4) is 0 Å². The van der Waals surface area contributed by atoms with E-state index < -0.39 is 9.84 Å². The average Bonchev–Trinajstić information content (AvgIpc) is 2.95. The van der Waals surface area contributed by atoms with Crippen LogP contribution in [-0.4, -0.2) is 47.9 Å². The summed E-state index contributed by atoms with van der Waals surface area (Å²) in [5.74, 6) is 0.845.